The van der Waals surface area contributed by atoms with Gasteiger partial charge in [0.2, 0.25) is 0 Å². The quantitative estimate of drug-likeness (QED) is 0.480. The molecule has 0 amide bonds. The minimum atomic E-state index is -0.183. The Morgan fingerprint density at radius 2 is 1.57 bits per heavy atom. The second-order valence-electron chi connectivity index (χ2n) is 7.37. The van der Waals surface area contributed by atoms with Crippen LogP contribution in [0.5, 0.6) is 0 Å². The summed E-state index contributed by atoms with van der Waals surface area (Å²) >= 11 is 0. The zero-order chi connectivity index (χ0) is 14.9. The Morgan fingerprint density at radius 3 is 2.14 bits per heavy atom. The maximum Gasteiger partial charge on any atom is 0.0855 e. The van der Waals surface area contributed by atoms with E-state index in [0.717, 1.165) is 31.3 Å². The van der Waals surface area contributed by atoms with Gasteiger partial charge in [-0.25, -0.2) is 0 Å². The Balaban J connectivity index is 1.34. The van der Waals surface area contributed by atoms with Gasteiger partial charge in [0.25, 0.3) is 0 Å². The van der Waals surface area contributed by atoms with E-state index in [1.54, 1.807) is 0 Å². The molecule has 4 unspecified atom stereocenters. The molecule has 0 spiro atoms. The van der Waals surface area contributed by atoms with Crippen molar-refractivity contribution in [3.63, 3.8) is 0 Å². The van der Waals surface area contributed by atoms with Crippen molar-refractivity contribution in [2.24, 2.45) is 11.8 Å². The van der Waals surface area contributed by atoms with Gasteiger partial charge in [0.05, 0.1) is 12.2 Å². The molecule has 2 aliphatic rings. The summed E-state index contributed by atoms with van der Waals surface area (Å²) in [7, 11) is 0. The molecule has 0 aromatic carbocycles. The van der Waals surface area contributed by atoms with E-state index in [1.807, 2.05) is 0 Å². The van der Waals surface area contributed by atoms with Gasteiger partial charge in [-0.1, -0.05) is 71.1 Å². The molecule has 0 radical (unpaired) electrons. The number of aliphatic hydroxyl groups excluding tert-OH is 1. The zero-order valence-corrected chi connectivity index (χ0v) is 14.1. The highest BCUT2D eigenvalue weighted by molar-refractivity contribution is 4.90. The van der Waals surface area contributed by atoms with Crippen LogP contribution in [0.1, 0.15) is 90.4 Å². The number of hydrogen-bond donors (Lipinski definition) is 1. The minimum absolute atomic E-state index is 0.166. The second-order valence-corrected chi connectivity index (χ2v) is 7.37. The molecule has 1 aliphatic heterocycles. The van der Waals surface area contributed by atoms with E-state index in [1.165, 1.54) is 70.6 Å². The Labute approximate surface area is 131 Å². The lowest BCUT2D eigenvalue weighted by Gasteiger charge is -2.30. The summed E-state index contributed by atoms with van der Waals surface area (Å²) in [5.41, 5.74) is 0. The van der Waals surface area contributed by atoms with Crippen LogP contribution >= 0.6 is 0 Å². The molecule has 1 aliphatic carbocycles. The summed E-state index contributed by atoms with van der Waals surface area (Å²) in [6.45, 7) is 3.14. The highest BCUT2D eigenvalue weighted by atomic mass is 16.5. The largest absolute Gasteiger partial charge is 0.390 e. The van der Waals surface area contributed by atoms with Gasteiger partial charge >= 0.3 is 0 Å². The standard InChI is InChI=1S/C19H36O2/c1-2-3-4-5-6-7-8-9-10-11-16-14-17(16)15-18(20)19-12-13-21-19/h16-20H,2-15H2,1H3. The molecule has 1 N–H and O–H groups in total. The SMILES string of the molecule is CCCCCCCCCCCC1CC1CC(O)C1CCO1. The van der Waals surface area contributed by atoms with Crippen LogP contribution in [0.4, 0.5) is 0 Å². The van der Waals surface area contributed by atoms with Crippen LogP contribution in [-0.2, 0) is 4.74 Å². The second kappa shape index (κ2) is 9.84. The fourth-order valence-electron chi connectivity index (χ4n) is 3.69. The predicted molar refractivity (Wildman–Crippen MR) is 88.4 cm³/mol. The minimum Gasteiger partial charge on any atom is -0.390 e. The van der Waals surface area contributed by atoms with E-state index in [-0.39, 0.29) is 12.2 Å². The van der Waals surface area contributed by atoms with Crippen LogP contribution < -0.4 is 0 Å². The predicted octanol–water partition coefficient (Wildman–Crippen LogP) is 5.08. The molecule has 4 atom stereocenters. The number of unbranched alkanes of at least 4 members (excludes halogenated alkanes) is 8. The molecule has 1 heterocycles. The third-order valence-corrected chi connectivity index (χ3v) is 5.46. The van der Waals surface area contributed by atoms with Gasteiger partial charge < -0.3 is 9.84 Å². The number of rotatable bonds is 13. The third kappa shape index (κ3) is 6.69. The third-order valence-electron chi connectivity index (χ3n) is 5.46. The van der Waals surface area contributed by atoms with Gasteiger partial charge in [0.1, 0.15) is 0 Å². The molecule has 124 valence electrons. The topological polar surface area (TPSA) is 29.5 Å². The van der Waals surface area contributed by atoms with Crippen LogP contribution in [-0.4, -0.2) is 23.9 Å². The van der Waals surface area contributed by atoms with Gasteiger partial charge in [0.15, 0.2) is 0 Å². The maximum absolute atomic E-state index is 10.0. The first kappa shape index (κ1) is 17.3. The average molecular weight is 296 g/mol. The summed E-state index contributed by atoms with van der Waals surface area (Å²) in [6.07, 6.45) is 17.6. The van der Waals surface area contributed by atoms with E-state index in [2.05, 4.69) is 6.92 Å². The van der Waals surface area contributed by atoms with Gasteiger partial charge in [-0.15, -0.1) is 0 Å². The van der Waals surface area contributed by atoms with Crippen molar-refractivity contribution in [1.82, 2.24) is 0 Å². The highest BCUT2D eigenvalue weighted by Crippen LogP contribution is 2.46. The summed E-state index contributed by atoms with van der Waals surface area (Å²) in [6, 6.07) is 0. The van der Waals surface area contributed by atoms with E-state index in [9.17, 15) is 5.11 Å². The molecule has 0 aromatic heterocycles. The van der Waals surface area contributed by atoms with Gasteiger partial charge in [-0.3, -0.25) is 0 Å². The number of aliphatic hydroxyl groups is 1. The van der Waals surface area contributed by atoms with E-state index in [0.29, 0.717) is 0 Å². The van der Waals surface area contributed by atoms with Crippen LogP contribution in [0.25, 0.3) is 0 Å². The van der Waals surface area contributed by atoms with E-state index < -0.39 is 0 Å². The monoisotopic (exact) mass is 296 g/mol. The van der Waals surface area contributed by atoms with Crippen molar-refractivity contribution in [3.8, 4) is 0 Å². The average Bonchev–Trinajstić information content (AvgIpc) is 3.13. The Bertz CT molecular complexity index is 262. The fraction of sp³-hybridized carbons (Fsp3) is 1.00. The van der Waals surface area contributed by atoms with Crippen molar-refractivity contribution in [1.29, 1.82) is 0 Å². The number of ether oxygens (including phenoxy) is 1. The lowest BCUT2D eigenvalue weighted by Crippen LogP contribution is -2.38. The maximum atomic E-state index is 10.0. The Kier molecular flexibility index (Phi) is 8.10. The summed E-state index contributed by atoms with van der Waals surface area (Å²) in [5.74, 6) is 1.72. The molecule has 0 aromatic rings. The first-order valence-corrected chi connectivity index (χ1v) is 9.61. The van der Waals surface area contributed by atoms with Crippen molar-refractivity contribution in [2.45, 2.75) is 103 Å². The van der Waals surface area contributed by atoms with E-state index in [4.69, 9.17) is 4.74 Å². The molecular formula is C19H36O2. The van der Waals surface area contributed by atoms with E-state index >= 15 is 0 Å². The Morgan fingerprint density at radius 1 is 0.952 bits per heavy atom. The number of hydrogen-bond acceptors (Lipinski definition) is 2. The molecule has 1 saturated heterocycles. The highest BCUT2D eigenvalue weighted by Gasteiger charge is 2.40. The molecule has 2 rings (SSSR count). The van der Waals surface area contributed by atoms with Crippen molar-refractivity contribution in [2.75, 3.05) is 6.61 Å². The summed E-state index contributed by atoms with van der Waals surface area (Å²) < 4.78 is 5.37. The fourth-order valence-corrected chi connectivity index (χ4v) is 3.69. The van der Waals surface area contributed by atoms with Crippen molar-refractivity contribution < 1.29 is 9.84 Å². The molecule has 2 heteroatoms. The molecule has 0 bridgehead atoms. The molecule has 2 fully saturated rings. The molecular weight excluding hydrogens is 260 g/mol. The smallest absolute Gasteiger partial charge is 0.0855 e. The Hall–Kier alpha value is -0.0800. The van der Waals surface area contributed by atoms with Crippen molar-refractivity contribution in [3.05, 3.63) is 0 Å². The van der Waals surface area contributed by atoms with Gasteiger partial charge in [0, 0.05) is 6.61 Å². The van der Waals surface area contributed by atoms with Crippen LogP contribution in [0, 0.1) is 11.8 Å². The molecule has 21 heavy (non-hydrogen) atoms. The van der Waals surface area contributed by atoms with Gasteiger partial charge in [-0.05, 0) is 31.1 Å². The lowest BCUT2D eigenvalue weighted by molar-refractivity contribution is -0.119. The van der Waals surface area contributed by atoms with Crippen LogP contribution in [0.2, 0.25) is 0 Å². The van der Waals surface area contributed by atoms with Crippen LogP contribution in [0.15, 0.2) is 0 Å². The first-order valence-electron chi connectivity index (χ1n) is 9.61. The normalized spacial score (nSPS) is 29.1. The van der Waals surface area contributed by atoms with Crippen molar-refractivity contribution >= 4 is 0 Å². The first-order chi connectivity index (χ1) is 10.3. The molecule has 2 nitrogen and oxygen atoms in total. The lowest BCUT2D eigenvalue weighted by atomic mass is 9.99. The summed E-state index contributed by atoms with van der Waals surface area (Å²) in [5, 5.41) is 10.0. The van der Waals surface area contributed by atoms with Gasteiger partial charge in [-0.2, -0.15) is 0 Å². The molecule has 1 saturated carbocycles. The zero-order valence-electron chi connectivity index (χ0n) is 14.1. The van der Waals surface area contributed by atoms with Crippen LogP contribution in [0.3, 0.4) is 0 Å². The summed E-state index contributed by atoms with van der Waals surface area (Å²) in [4.78, 5) is 0.